The van der Waals surface area contributed by atoms with E-state index in [9.17, 15) is 4.79 Å². The molecule has 0 saturated heterocycles. The lowest BCUT2D eigenvalue weighted by Gasteiger charge is -2.07. The maximum atomic E-state index is 12.0. The molecule has 0 aliphatic carbocycles. The first-order chi connectivity index (χ1) is 8.99. The second-order valence-corrected chi connectivity index (χ2v) is 5.63. The first-order valence-electron chi connectivity index (χ1n) is 5.40. The SMILES string of the molecule is Cc1ncsc1CNC(=O)c1cc(N)c(Cl)c(Cl)c1. The largest absolute Gasteiger partial charge is 0.397 e. The summed E-state index contributed by atoms with van der Waals surface area (Å²) in [6.07, 6.45) is 0. The first kappa shape index (κ1) is 14.1. The van der Waals surface area contributed by atoms with Gasteiger partial charge < -0.3 is 11.1 Å². The second-order valence-electron chi connectivity index (χ2n) is 3.90. The van der Waals surface area contributed by atoms with Crippen LogP contribution in [0.3, 0.4) is 0 Å². The molecule has 4 nitrogen and oxygen atoms in total. The van der Waals surface area contributed by atoms with Gasteiger partial charge in [0, 0.05) is 10.4 Å². The van der Waals surface area contributed by atoms with Crippen LogP contribution >= 0.6 is 34.5 Å². The van der Waals surface area contributed by atoms with Crippen LogP contribution in [-0.2, 0) is 6.54 Å². The van der Waals surface area contributed by atoms with Gasteiger partial charge >= 0.3 is 0 Å². The molecule has 0 unspecified atom stereocenters. The number of hydrogen-bond acceptors (Lipinski definition) is 4. The fraction of sp³-hybridized carbons (Fsp3) is 0.167. The van der Waals surface area contributed by atoms with Gasteiger partial charge in [-0.3, -0.25) is 4.79 Å². The number of nitrogens with two attached hydrogens (primary N) is 1. The van der Waals surface area contributed by atoms with Crippen molar-refractivity contribution in [2.75, 3.05) is 5.73 Å². The topological polar surface area (TPSA) is 68.0 Å². The number of aromatic nitrogens is 1. The Labute approximate surface area is 124 Å². The molecule has 2 aromatic rings. The highest BCUT2D eigenvalue weighted by Crippen LogP contribution is 2.29. The Morgan fingerprint density at radius 2 is 2.21 bits per heavy atom. The van der Waals surface area contributed by atoms with Gasteiger partial charge in [-0.05, 0) is 19.1 Å². The van der Waals surface area contributed by atoms with E-state index in [1.165, 1.54) is 23.5 Å². The number of benzene rings is 1. The maximum Gasteiger partial charge on any atom is 0.251 e. The molecular formula is C12H11Cl2N3OS. The van der Waals surface area contributed by atoms with Crippen molar-refractivity contribution in [2.24, 2.45) is 0 Å². The molecule has 7 heteroatoms. The molecule has 3 N–H and O–H groups in total. The zero-order valence-electron chi connectivity index (χ0n) is 10.0. The predicted molar refractivity (Wildman–Crippen MR) is 78.9 cm³/mol. The Balaban J connectivity index is 2.10. The molecule has 19 heavy (non-hydrogen) atoms. The van der Waals surface area contributed by atoms with Gasteiger partial charge in [0.1, 0.15) is 0 Å². The fourth-order valence-corrected chi connectivity index (χ4v) is 2.55. The van der Waals surface area contributed by atoms with Gasteiger partial charge in [-0.2, -0.15) is 0 Å². The normalized spacial score (nSPS) is 10.5. The second kappa shape index (κ2) is 5.77. The van der Waals surface area contributed by atoms with Crippen molar-refractivity contribution >= 4 is 46.1 Å². The summed E-state index contributed by atoms with van der Waals surface area (Å²) >= 11 is 13.2. The third-order valence-electron chi connectivity index (χ3n) is 2.57. The van der Waals surface area contributed by atoms with Crippen molar-refractivity contribution in [2.45, 2.75) is 13.5 Å². The van der Waals surface area contributed by atoms with Crippen molar-refractivity contribution in [1.29, 1.82) is 0 Å². The van der Waals surface area contributed by atoms with E-state index in [0.717, 1.165) is 10.6 Å². The average molecular weight is 316 g/mol. The Kier molecular flexibility index (Phi) is 4.29. The van der Waals surface area contributed by atoms with Crippen molar-refractivity contribution in [3.8, 4) is 0 Å². The quantitative estimate of drug-likeness (QED) is 0.854. The first-order valence-corrected chi connectivity index (χ1v) is 7.04. The summed E-state index contributed by atoms with van der Waals surface area (Å²) in [5.41, 5.74) is 9.00. The Morgan fingerprint density at radius 3 is 2.79 bits per heavy atom. The highest BCUT2D eigenvalue weighted by atomic mass is 35.5. The number of halogens is 2. The number of amides is 1. The summed E-state index contributed by atoms with van der Waals surface area (Å²) < 4.78 is 0. The van der Waals surface area contributed by atoms with Crippen LogP contribution < -0.4 is 11.1 Å². The van der Waals surface area contributed by atoms with Gasteiger partial charge in [-0.25, -0.2) is 4.98 Å². The van der Waals surface area contributed by atoms with Crippen LogP contribution in [0.25, 0.3) is 0 Å². The number of carbonyl (C=O) groups excluding carboxylic acids is 1. The Bertz CT molecular complexity index is 604. The van der Waals surface area contributed by atoms with Gasteiger partial charge in [0.25, 0.3) is 5.91 Å². The number of nitrogen functional groups attached to an aromatic ring is 1. The molecule has 0 atom stereocenters. The monoisotopic (exact) mass is 315 g/mol. The molecule has 0 fully saturated rings. The van der Waals surface area contributed by atoms with Gasteiger partial charge in [-0.15, -0.1) is 11.3 Å². The number of aryl methyl sites for hydroxylation is 1. The van der Waals surface area contributed by atoms with Crippen LogP contribution in [0.5, 0.6) is 0 Å². The van der Waals surface area contributed by atoms with Crippen LogP contribution in [0.15, 0.2) is 17.6 Å². The van der Waals surface area contributed by atoms with E-state index >= 15 is 0 Å². The molecular weight excluding hydrogens is 305 g/mol. The molecule has 1 aromatic carbocycles. The highest BCUT2D eigenvalue weighted by molar-refractivity contribution is 7.09. The van der Waals surface area contributed by atoms with Crippen molar-refractivity contribution in [3.63, 3.8) is 0 Å². The molecule has 0 spiro atoms. The number of nitrogens with one attached hydrogen (secondary N) is 1. The maximum absolute atomic E-state index is 12.0. The molecule has 2 rings (SSSR count). The lowest BCUT2D eigenvalue weighted by molar-refractivity contribution is 0.0951. The predicted octanol–water partition coefficient (Wildman–Crippen LogP) is 3.27. The molecule has 100 valence electrons. The molecule has 1 aromatic heterocycles. The zero-order valence-corrected chi connectivity index (χ0v) is 12.4. The van der Waals surface area contributed by atoms with Crippen molar-refractivity contribution < 1.29 is 4.79 Å². The molecule has 0 aliphatic heterocycles. The summed E-state index contributed by atoms with van der Waals surface area (Å²) in [6.45, 7) is 2.32. The molecule has 0 bridgehead atoms. The summed E-state index contributed by atoms with van der Waals surface area (Å²) in [5.74, 6) is -0.252. The van der Waals surface area contributed by atoms with E-state index in [4.69, 9.17) is 28.9 Å². The van der Waals surface area contributed by atoms with Crippen molar-refractivity contribution in [3.05, 3.63) is 43.8 Å². The van der Waals surface area contributed by atoms with E-state index < -0.39 is 0 Å². The molecule has 1 heterocycles. The molecule has 0 aliphatic rings. The minimum atomic E-state index is -0.252. The Hall–Kier alpha value is -1.30. The summed E-state index contributed by atoms with van der Waals surface area (Å²) in [5, 5.41) is 3.32. The zero-order chi connectivity index (χ0) is 14.0. The molecule has 1 amide bonds. The van der Waals surface area contributed by atoms with Crippen molar-refractivity contribution in [1.82, 2.24) is 10.3 Å². The third-order valence-corrected chi connectivity index (χ3v) is 4.32. The third kappa shape index (κ3) is 3.18. The van der Waals surface area contributed by atoms with E-state index in [1.54, 1.807) is 5.51 Å². The van der Waals surface area contributed by atoms with E-state index in [2.05, 4.69) is 10.3 Å². The Morgan fingerprint density at radius 1 is 1.47 bits per heavy atom. The fourth-order valence-electron chi connectivity index (χ4n) is 1.50. The number of rotatable bonds is 3. The minimum absolute atomic E-state index is 0.252. The minimum Gasteiger partial charge on any atom is -0.397 e. The standard InChI is InChI=1S/C12H11Cl2N3OS/c1-6-10(19-5-17-6)4-16-12(18)7-2-8(13)11(14)9(15)3-7/h2-3,5H,4,15H2,1H3,(H,16,18). The van der Waals surface area contributed by atoms with Crippen LogP contribution in [0.2, 0.25) is 10.0 Å². The average Bonchev–Trinajstić information content (AvgIpc) is 2.78. The van der Waals surface area contributed by atoms with E-state index in [0.29, 0.717) is 12.1 Å². The smallest absolute Gasteiger partial charge is 0.251 e. The molecule has 0 saturated carbocycles. The summed E-state index contributed by atoms with van der Waals surface area (Å²) in [4.78, 5) is 17.1. The number of carbonyl (C=O) groups is 1. The van der Waals surface area contributed by atoms with Crippen LogP contribution in [-0.4, -0.2) is 10.9 Å². The van der Waals surface area contributed by atoms with Gasteiger partial charge in [0.15, 0.2) is 0 Å². The van der Waals surface area contributed by atoms with Gasteiger partial charge in [0.05, 0.1) is 33.5 Å². The lowest BCUT2D eigenvalue weighted by Crippen LogP contribution is -2.22. The summed E-state index contributed by atoms with van der Waals surface area (Å²) in [7, 11) is 0. The van der Waals surface area contributed by atoms with Crippen LogP contribution in [0.1, 0.15) is 20.9 Å². The van der Waals surface area contributed by atoms with Gasteiger partial charge in [-0.1, -0.05) is 23.2 Å². The van der Waals surface area contributed by atoms with Crippen LogP contribution in [0, 0.1) is 6.92 Å². The number of hydrogen-bond donors (Lipinski definition) is 2. The lowest BCUT2D eigenvalue weighted by atomic mass is 10.2. The summed E-state index contributed by atoms with van der Waals surface area (Å²) in [6, 6.07) is 3.00. The van der Waals surface area contributed by atoms with Crippen LogP contribution in [0.4, 0.5) is 5.69 Å². The highest BCUT2D eigenvalue weighted by Gasteiger charge is 2.12. The van der Waals surface area contributed by atoms with E-state index in [1.807, 2.05) is 6.92 Å². The van der Waals surface area contributed by atoms with E-state index in [-0.39, 0.29) is 21.6 Å². The molecule has 0 radical (unpaired) electrons. The number of anilines is 1. The van der Waals surface area contributed by atoms with Gasteiger partial charge in [0.2, 0.25) is 0 Å². The number of thiazole rings is 1. The number of nitrogens with zero attached hydrogens (tertiary/aromatic N) is 1.